The van der Waals surface area contributed by atoms with Crippen LogP contribution in [0.25, 0.3) is 0 Å². The number of amides is 2. The van der Waals surface area contributed by atoms with Crippen molar-refractivity contribution in [2.45, 2.75) is 11.1 Å². The Morgan fingerprint density at radius 3 is 2.40 bits per heavy atom. The lowest BCUT2D eigenvalue weighted by Crippen LogP contribution is -2.34. The maximum Gasteiger partial charge on any atom is 0.402 e. The molecule has 2 amide bonds. The standard InChI is InChI=1S/C13H14F3N3O4S2/c14-13(15,16)7-17-25(22,23)10-3-1-9(2-4-10)18-11(20)5-19-8-24-6-12(19)21/h1-4,17H,5-8H2,(H,18,20). The highest BCUT2D eigenvalue weighted by Crippen LogP contribution is 2.18. The van der Waals surface area contributed by atoms with Crippen LogP contribution in [0.3, 0.4) is 0 Å². The van der Waals surface area contributed by atoms with Crippen LogP contribution in [0.1, 0.15) is 0 Å². The quantitative estimate of drug-likeness (QED) is 0.747. The largest absolute Gasteiger partial charge is 0.402 e. The molecule has 1 fully saturated rings. The zero-order valence-corrected chi connectivity index (χ0v) is 14.3. The SMILES string of the molecule is O=C(CN1CSCC1=O)Nc1ccc(S(=O)(=O)NCC(F)(F)F)cc1. The van der Waals surface area contributed by atoms with E-state index in [9.17, 15) is 31.2 Å². The van der Waals surface area contributed by atoms with Gasteiger partial charge in [-0.1, -0.05) is 0 Å². The molecule has 7 nitrogen and oxygen atoms in total. The van der Waals surface area contributed by atoms with Crippen molar-refractivity contribution >= 4 is 39.3 Å². The molecule has 2 rings (SSSR count). The van der Waals surface area contributed by atoms with Crippen molar-refractivity contribution in [1.29, 1.82) is 0 Å². The van der Waals surface area contributed by atoms with Crippen molar-refractivity contribution in [3.8, 4) is 0 Å². The minimum absolute atomic E-state index is 0.126. The summed E-state index contributed by atoms with van der Waals surface area (Å²) >= 11 is 1.39. The van der Waals surface area contributed by atoms with Gasteiger partial charge in [0.2, 0.25) is 21.8 Å². The van der Waals surface area contributed by atoms with E-state index in [-0.39, 0.29) is 23.0 Å². The summed E-state index contributed by atoms with van der Waals surface area (Å²) in [6.07, 6.45) is -4.66. The van der Waals surface area contributed by atoms with E-state index in [0.717, 1.165) is 12.1 Å². The molecule has 1 aromatic rings. The first-order valence-corrected chi connectivity index (χ1v) is 9.52. The van der Waals surface area contributed by atoms with Gasteiger partial charge in [-0.2, -0.15) is 13.2 Å². The first-order chi connectivity index (χ1) is 11.6. The van der Waals surface area contributed by atoms with E-state index in [4.69, 9.17) is 0 Å². The summed E-state index contributed by atoms with van der Waals surface area (Å²) in [7, 11) is -4.30. The van der Waals surface area contributed by atoms with Crippen LogP contribution in [0.4, 0.5) is 18.9 Å². The Bertz CT molecular complexity index is 751. The van der Waals surface area contributed by atoms with Gasteiger partial charge in [-0.25, -0.2) is 13.1 Å². The first-order valence-electron chi connectivity index (χ1n) is 6.89. The Kier molecular flexibility index (Phi) is 5.95. The van der Waals surface area contributed by atoms with Crippen molar-refractivity contribution in [1.82, 2.24) is 9.62 Å². The van der Waals surface area contributed by atoms with E-state index in [1.165, 1.54) is 33.5 Å². The summed E-state index contributed by atoms with van der Waals surface area (Å²) in [5.41, 5.74) is 0.263. The molecule has 0 radical (unpaired) electrons. The Morgan fingerprint density at radius 1 is 1.24 bits per heavy atom. The number of hydrogen-bond donors (Lipinski definition) is 2. The summed E-state index contributed by atoms with van der Waals surface area (Å²) in [6, 6.07) is 4.65. The molecule has 0 aromatic heterocycles. The third kappa shape index (κ3) is 5.90. The molecule has 1 aromatic carbocycles. The van der Waals surface area contributed by atoms with E-state index in [1.54, 1.807) is 0 Å². The van der Waals surface area contributed by atoms with Gasteiger partial charge in [0.25, 0.3) is 0 Å². The second-order valence-electron chi connectivity index (χ2n) is 5.08. The minimum Gasteiger partial charge on any atom is -0.325 e. The minimum atomic E-state index is -4.66. The molecule has 0 saturated carbocycles. The molecule has 1 aliphatic rings. The molecule has 0 bridgehead atoms. The number of anilines is 1. The van der Waals surface area contributed by atoms with Crippen molar-refractivity contribution in [2.75, 3.05) is 30.0 Å². The number of benzene rings is 1. The molecule has 1 saturated heterocycles. The first kappa shape index (κ1) is 19.5. The number of alkyl halides is 3. The normalized spacial score (nSPS) is 15.5. The van der Waals surface area contributed by atoms with E-state index in [2.05, 4.69) is 5.32 Å². The molecule has 138 valence electrons. The lowest BCUT2D eigenvalue weighted by Gasteiger charge is -2.14. The summed E-state index contributed by atoms with van der Waals surface area (Å²) in [6.45, 7) is -1.80. The Balaban J connectivity index is 1.95. The number of carbonyl (C=O) groups excluding carboxylic acids is 2. The molecule has 0 spiro atoms. The molecular formula is C13H14F3N3O4S2. The third-order valence-corrected chi connectivity index (χ3v) is 5.43. The van der Waals surface area contributed by atoms with Gasteiger partial charge in [0.1, 0.15) is 13.1 Å². The number of nitrogens with zero attached hydrogens (tertiary/aromatic N) is 1. The molecule has 1 aliphatic heterocycles. The number of halogens is 3. The molecule has 0 aliphatic carbocycles. The number of thioether (sulfide) groups is 1. The summed E-state index contributed by atoms with van der Waals surface area (Å²) < 4.78 is 61.2. The number of carbonyl (C=O) groups is 2. The maximum absolute atomic E-state index is 12.1. The number of nitrogens with one attached hydrogen (secondary N) is 2. The van der Waals surface area contributed by atoms with Gasteiger partial charge in [0.05, 0.1) is 16.5 Å². The highest BCUT2D eigenvalue weighted by molar-refractivity contribution is 8.00. The molecule has 2 N–H and O–H groups in total. The van der Waals surface area contributed by atoms with Crippen LogP contribution in [0.15, 0.2) is 29.2 Å². The van der Waals surface area contributed by atoms with Gasteiger partial charge >= 0.3 is 6.18 Å². The molecule has 0 atom stereocenters. The van der Waals surface area contributed by atoms with Crippen LogP contribution in [0.5, 0.6) is 0 Å². The van der Waals surface area contributed by atoms with Crippen LogP contribution in [0.2, 0.25) is 0 Å². The lowest BCUT2D eigenvalue weighted by molar-refractivity contribution is -0.130. The Morgan fingerprint density at radius 2 is 1.88 bits per heavy atom. The van der Waals surface area contributed by atoms with Crippen molar-refractivity contribution < 1.29 is 31.2 Å². The smallest absolute Gasteiger partial charge is 0.325 e. The Labute approximate surface area is 146 Å². The van der Waals surface area contributed by atoms with E-state index < -0.39 is 28.7 Å². The van der Waals surface area contributed by atoms with E-state index in [0.29, 0.717) is 11.6 Å². The van der Waals surface area contributed by atoms with Crippen LogP contribution < -0.4 is 10.0 Å². The lowest BCUT2D eigenvalue weighted by atomic mass is 10.3. The van der Waals surface area contributed by atoms with E-state index in [1.807, 2.05) is 0 Å². The predicted molar refractivity (Wildman–Crippen MR) is 85.4 cm³/mol. The average molecular weight is 397 g/mol. The fraction of sp³-hybridized carbons (Fsp3) is 0.385. The summed E-state index contributed by atoms with van der Waals surface area (Å²) in [4.78, 5) is 24.3. The number of sulfonamides is 1. The summed E-state index contributed by atoms with van der Waals surface area (Å²) in [5, 5.41) is 2.49. The number of rotatable bonds is 6. The van der Waals surface area contributed by atoms with Gasteiger partial charge in [-0.15, -0.1) is 11.8 Å². The number of hydrogen-bond acceptors (Lipinski definition) is 5. The maximum atomic E-state index is 12.1. The van der Waals surface area contributed by atoms with Crippen LogP contribution in [-0.2, 0) is 19.6 Å². The third-order valence-electron chi connectivity index (χ3n) is 3.07. The predicted octanol–water partition coefficient (Wildman–Crippen LogP) is 0.999. The van der Waals surface area contributed by atoms with Crippen molar-refractivity contribution in [2.24, 2.45) is 0 Å². The van der Waals surface area contributed by atoms with Crippen LogP contribution in [-0.4, -0.2) is 56.0 Å². The fourth-order valence-corrected chi connectivity index (χ4v) is 3.81. The van der Waals surface area contributed by atoms with Gasteiger partial charge in [-0.05, 0) is 24.3 Å². The van der Waals surface area contributed by atoms with Gasteiger partial charge in [0.15, 0.2) is 0 Å². The molecule has 25 heavy (non-hydrogen) atoms. The highest BCUT2D eigenvalue weighted by atomic mass is 32.2. The summed E-state index contributed by atoms with van der Waals surface area (Å²) in [5.74, 6) is 0.151. The molecule has 1 heterocycles. The highest BCUT2D eigenvalue weighted by Gasteiger charge is 2.30. The fourth-order valence-electron chi connectivity index (χ4n) is 1.89. The molecule has 12 heteroatoms. The molecular weight excluding hydrogens is 383 g/mol. The second-order valence-corrected chi connectivity index (χ2v) is 7.80. The topological polar surface area (TPSA) is 95.6 Å². The molecule has 0 unspecified atom stereocenters. The van der Waals surface area contributed by atoms with Crippen molar-refractivity contribution in [3.05, 3.63) is 24.3 Å². The van der Waals surface area contributed by atoms with E-state index >= 15 is 0 Å². The van der Waals surface area contributed by atoms with Gasteiger partial charge in [-0.3, -0.25) is 9.59 Å². The zero-order valence-electron chi connectivity index (χ0n) is 12.7. The van der Waals surface area contributed by atoms with Crippen molar-refractivity contribution in [3.63, 3.8) is 0 Å². The van der Waals surface area contributed by atoms with Crippen LogP contribution in [0, 0.1) is 0 Å². The average Bonchev–Trinajstić information content (AvgIpc) is 2.90. The monoisotopic (exact) mass is 397 g/mol. The van der Waals surface area contributed by atoms with Gasteiger partial charge < -0.3 is 10.2 Å². The zero-order chi connectivity index (χ0) is 18.7. The van der Waals surface area contributed by atoms with Crippen LogP contribution >= 0.6 is 11.8 Å². The Hall–Kier alpha value is -1.79. The second kappa shape index (κ2) is 7.62. The van der Waals surface area contributed by atoms with Gasteiger partial charge in [0, 0.05) is 5.69 Å².